The number of esters is 1. The van der Waals surface area contributed by atoms with E-state index in [4.69, 9.17) is 14.2 Å². The molecule has 1 saturated heterocycles. The topological polar surface area (TPSA) is 143 Å². The van der Waals surface area contributed by atoms with Crippen molar-refractivity contribution in [1.82, 2.24) is 4.90 Å². The molecule has 0 spiro atoms. The Balaban J connectivity index is 1.60. The van der Waals surface area contributed by atoms with E-state index in [1.54, 1.807) is 54.3 Å². The molecule has 2 aliphatic heterocycles. The number of piperidine rings is 1. The molecular weight excluding hydrogens is 586 g/mol. The highest BCUT2D eigenvalue weighted by molar-refractivity contribution is 7.93. The van der Waals surface area contributed by atoms with E-state index >= 15 is 0 Å². The van der Waals surface area contributed by atoms with E-state index in [9.17, 15) is 28.1 Å². The maximum Gasteiger partial charge on any atom is 0.410 e. The van der Waals surface area contributed by atoms with Crippen LogP contribution in [0.5, 0.6) is 5.75 Å². The number of likely N-dealkylation sites (tertiary alicyclic amines) is 1. The van der Waals surface area contributed by atoms with E-state index in [2.05, 4.69) is 6.07 Å². The number of nitrogens with zero attached hydrogens (tertiary/aromatic N) is 3. The molecule has 2 aromatic rings. The van der Waals surface area contributed by atoms with Crippen LogP contribution >= 0.6 is 0 Å². The summed E-state index contributed by atoms with van der Waals surface area (Å²) < 4.78 is 44.9. The fourth-order valence-electron chi connectivity index (χ4n) is 5.20. The Bertz CT molecular complexity index is 1580. The summed E-state index contributed by atoms with van der Waals surface area (Å²) in [7, 11) is -4.20. The van der Waals surface area contributed by atoms with Gasteiger partial charge in [0.05, 0.1) is 35.5 Å². The highest BCUT2D eigenvalue weighted by Gasteiger charge is 2.39. The van der Waals surface area contributed by atoms with Crippen LogP contribution in [0.15, 0.2) is 42.5 Å². The van der Waals surface area contributed by atoms with Crippen molar-refractivity contribution in [2.45, 2.75) is 64.7 Å². The second kappa shape index (κ2) is 13.5. The summed E-state index contributed by atoms with van der Waals surface area (Å²) in [5.41, 5.74) is 1.65. The maximum absolute atomic E-state index is 13.6. The van der Waals surface area contributed by atoms with Gasteiger partial charge in [-0.3, -0.25) is 13.9 Å². The van der Waals surface area contributed by atoms with Crippen molar-refractivity contribution in [3.63, 3.8) is 0 Å². The first-order chi connectivity index (χ1) is 20.8. The molecule has 11 nitrogen and oxygen atoms in total. The molecule has 1 amide bonds. The first kappa shape index (κ1) is 32.5. The lowest BCUT2D eigenvalue weighted by molar-refractivity contribution is -0.139. The highest BCUT2D eigenvalue weighted by Crippen LogP contribution is 2.40. The first-order valence-electron chi connectivity index (χ1n) is 14.5. The first-order valence-corrected chi connectivity index (χ1v) is 16.1. The largest absolute Gasteiger partial charge is 0.490 e. The van der Waals surface area contributed by atoms with Crippen LogP contribution < -0.4 is 9.04 Å². The van der Waals surface area contributed by atoms with Crippen LogP contribution in [0.4, 0.5) is 10.5 Å². The van der Waals surface area contributed by atoms with Crippen molar-refractivity contribution in [2.75, 3.05) is 29.8 Å². The van der Waals surface area contributed by atoms with Crippen LogP contribution in [-0.4, -0.2) is 74.9 Å². The number of anilines is 1. The number of benzene rings is 2. The number of hydrogen-bond donors (Lipinski definition) is 0. The second-order valence-electron chi connectivity index (χ2n) is 11.6. The van der Waals surface area contributed by atoms with E-state index in [-0.39, 0.29) is 36.5 Å². The van der Waals surface area contributed by atoms with Gasteiger partial charge < -0.3 is 19.1 Å². The molecule has 1 fully saturated rings. The number of hydrogen-bond acceptors (Lipinski definition) is 9. The number of nitriles is 1. The zero-order valence-electron chi connectivity index (χ0n) is 25.3. The zero-order valence-corrected chi connectivity index (χ0v) is 26.1. The normalized spacial score (nSPS) is 17.2. The number of aldehydes is 1. The Labute approximate surface area is 258 Å². The van der Waals surface area contributed by atoms with E-state index < -0.39 is 33.4 Å². The molecule has 0 radical (unpaired) electrons. The minimum Gasteiger partial charge on any atom is -0.490 e. The van der Waals surface area contributed by atoms with Gasteiger partial charge in [-0.15, -0.1) is 0 Å². The van der Waals surface area contributed by atoms with Gasteiger partial charge in [-0.25, -0.2) is 13.2 Å². The van der Waals surface area contributed by atoms with E-state index in [1.807, 2.05) is 20.8 Å². The van der Waals surface area contributed by atoms with Crippen LogP contribution in [0.3, 0.4) is 0 Å². The fraction of sp³-hybridized carbons (Fsp3) is 0.438. The van der Waals surface area contributed by atoms with Gasteiger partial charge >= 0.3 is 12.1 Å². The van der Waals surface area contributed by atoms with E-state index in [0.717, 1.165) is 4.31 Å². The quantitative estimate of drug-likeness (QED) is 0.292. The molecule has 2 aromatic carbocycles. The average Bonchev–Trinajstić information content (AvgIpc) is 3.33. The summed E-state index contributed by atoms with van der Waals surface area (Å²) in [5, 5.41) is 9.24. The molecule has 2 heterocycles. The third-order valence-corrected chi connectivity index (χ3v) is 8.79. The Morgan fingerprint density at radius 3 is 2.50 bits per heavy atom. The number of amides is 1. The Kier molecular flexibility index (Phi) is 9.99. The number of fused-ring (bicyclic) bond motifs is 1. The standard InChI is InChI=1S/C32H37N3O8S/c1-5-41-30(37)21-44(39,40)35-26(10-9-22-7-6-8-23(15-22)19-33)16-24-18-29(25(20-36)17-28(24)35)42-27-11-13-34(14-12-27)31(38)43-32(2,3)4/h6-10,15,17-18,20,26-27H,5,11-14,16,21H2,1-4H3/b10-9+. The van der Waals surface area contributed by atoms with Gasteiger partial charge in [0.25, 0.3) is 0 Å². The van der Waals surface area contributed by atoms with Crippen molar-refractivity contribution >= 4 is 40.1 Å². The lowest BCUT2D eigenvalue weighted by atomic mass is 10.0. The minimum atomic E-state index is -4.20. The Morgan fingerprint density at radius 1 is 1.14 bits per heavy atom. The zero-order chi connectivity index (χ0) is 32.1. The summed E-state index contributed by atoms with van der Waals surface area (Å²) in [6.45, 7) is 7.93. The predicted molar refractivity (Wildman–Crippen MR) is 164 cm³/mol. The van der Waals surface area contributed by atoms with Gasteiger partial charge in [0, 0.05) is 25.9 Å². The molecule has 0 bridgehead atoms. The third kappa shape index (κ3) is 7.96. The van der Waals surface area contributed by atoms with Crippen LogP contribution in [-0.2, 0) is 30.7 Å². The van der Waals surface area contributed by atoms with Gasteiger partial charge in [-0.05, 0) is 69.5 Å². The summed E-state index contributed by atoms with van der Waals surface area (Å²) in [6.07, 6.45) is 4.70. The summed E-state index contributed by atoms with van der Waals surface area (Å²) in [4.78, 5) is 38.5. The van der Waals surface area contributed by atoms with Crippen molar-refractivity contribution in [1.29, 1.82) is 5.26 Å². The van der Waals surface area contributed by atoms with Crippen molar-refractivity contribution in [3.05, 3.63) is 64.7 Å². The molecule has 234 valence electrons. The van der Waals surface area contributed by atoms with Crippen LogP contribution in [0.25, 0.3) is 6.08 Å². The van der Waals surface area contributed by atoms with Gasteiger partial charge in [-0.1, -0.05) is 24.3 Å². The predicted octanol–water partition coefficient (Wildman–Crippen LogP) is 4.49. The fourth-order valence-corrected chi connectivity index (χ4v) is 6.74. The van der Waals surface area contributed by atoms with Crippen LogP contribution in [0, 0.1) is 11.3 Å². The SMILES string of the molecule is CCOC(=O)CS(=O)(=O)N1c2cc(C=O)c(OC3CCN(C(=O)OC(C)(C)C)CC3)cc2CC1/C=C/c1cccc(C#N)c1. The van der Waals surface area contributed by atoms with Crippen LogP contribution in [0.2, 0.25) is 0 Å². The lowest BCUT2D eigenvalue weighted by Crippen LogP contribution is -2.44. The molecule has 0 N–H and O–H groups in total. The number of carbonyl (C=O) groups is 3. The second-order valence-corrected chi connectivity index (χ2v) is 13.5. The third-order valence-electron chi connectivity index (χ3n) is 7.12. The summed E-state index contributed by atoms with van der Waals surface area (Å²) in [5.74, 6) is -1.42. The molecule has 0 saturated carbocycles. The van der Waals surface area contributed by atoms with Crippen LogP contribution in [0.1, 0.15) is 67.6 Å². The number of rotatable bonds is 9. The van der Waals surface area contributed by atoms with E-state index in [0.29, 0.717) is 54.7 Å². The van der Waals surface area contributed by atoms with Gasteiger partial charge in [-0.2, -0.15) is 5.26 Å². The van der Waals surface area contributed by atoms with Gasteiger partial charge in [0.2, 0.25) is 10.0 Å². The smallest absolute Gasteiger partial charge is 0.410 e. The molecule has 0 aliphatic carbocycles. The molecular formula is C32H37N3O8S. The monoisotopic (exact) mass is 623 g/mol. The van der Waals surface area contributed by atoms with Gasteiger partial charge in [0.1, 0.15) is 17.5 Å². The van der Waals surface area contributed by atoms with Crippen molar-refractivity contribution in [3.8, 4) is 11.8 Å². The van der Waals surface area contributed by atoms with Gasteiger partial charge in [0.15, 0.2) is 12.0 Å². The summed E-state index contributed by atoms with van der Waals surface area (Å²) in [6, 6.07) is 11.4. The molecule has 1 atom stereocenters. The maximum atomic E-state index is 13.6. The van der Waals surface area contributed by atoms with Crippen molar-refractivity contribution < 1.29 is 37.0 Å². The molecule has 2 aliphatic rings. The van der Waals surface area contributed by atoms with Crippen molar-refractivity contribution in [2.24, 2.45) is 0 Å². The molecule has 44 heavy (non-hydrogen) atoms. The molecule has 1 unspecified atom stereocenters. The molecule has 12 heteroatoms. The Hall–Kier alpha value is -4.37. The lowest BCUT2D eigenvalue weighted by Gasteiger charge is -2.33. The minimum absolute atomic E-state index is 0.0379. The summed E-state index contributed by atoms with van der Waals surface area (Å²) >= 11 is 0. The molecule has 0 aromatic heterocycles. The number of ether oxygens (including phenoxy) is 3. The average molecular weight is 624 g/mol. The highest BCUT2D eigenvalue weighted by atomic mass is 32.2. The molecule has 4 rings (SSSR count). The number of carbonyl (C=O) groups excluding carboxylic acids is 3. The van der Waals surface area contributed by atoms with E-state index in [1.165, 1.54) is 6.07 Å². The number of sulfonamides is 1. The Morgan fingerprint density at radius 2 is 1.86 bits per heavy atom.